The van der Waals surface area contributed by atoms with Crippen molar-refractivity contribution in [2.45, 2.75) is 31.7 Å². The second kappa shape index (κ2) is 8.78. The van der Waals surface area contributed by atoms with Crippen LogP contribution in [0.5, 0.6) is 0 Å². The van der Waals surface area contributed by atoms with Crippen LogP contribution in [-0.4, -0.2) is 48.1 Å². The summed E-state index contributed by atoms with van der Waals surface area (Å²) in [4.78, 5) is 26.0. The molecule has 4 rings (SSSR count). The van der Waals surface area contributed by atoms with E-state index in [1.165, 1.54) is 0 Å². The lowest BCUT2D eigenvalue weighted by Gasteiger charge is -2.35. The molecular formula is C21H26ClN5O. The number of carbonyl (C=O) groups is 1. The summed E-state index contributed by atoms with van der Waals surface area (Å²) in [5.74, 6) is 2.26. The number of nitrogens with one attached hydrogen (secondary N) is 1. The summed E-state index contributed by atoms with van der Waals surface area (Å²) >= 11 is 5.91. The fourth-order valence-electron chi connectivity index (χ4n) is 4.04. The van der Waals surface area contributed by atoms with E-state index in [4.69, 9.17) is 11.6 Å². The van der Waals surface area contributed by atoms with Gasteiger partial charge in [0.1, 0.15) is 11.6 Å². The van der Waals surface area contributed by atoms with Crippen LogP contribution in [0.1, 0.15) is 25.7 Å². The van der Waals surface area contributed by atoms with E-state index in [2.05, 4.69) is 25.1 Å². The Hall–Kier alpha value is -2.34. The highest BCUT2D eigenvalue weighted by Gasteiger charge is 2.28. The molecule has 0 unspecified atom stereocenters. The standard InChI is InChI=1S/C21H26ClN5O/c22-17-4-5-20(24-15-17)26-11-6-16(7-12-26)21(28)25-18-8-13-27(14-9-18)19-3-1-2-10-23-19/h1-5,10,15-16,18H,6-9,11-14H2,(H,25,28). The van der Waals surface area contributed by atoms with Crippen LogP contribution in [0, 0.1) is 5.92 Å². The Morgan fingerprint density at radius 1 is 0.929 bits per heavy atom. The lowest BCUT2D eigenvalue weighted by atomic mass is 9.94. The summed E-state index contributed by atoms with van der Waals surface area (Å²) in [6.45, 7) is 3.57. The van der Waals surface area contributed by atoms with Gasteiger partial charge in [-0.2, -0.15) is 0 Å². The fraction of sp³-hybridized carbons (Fsp3) is 0.476. The average Bonchev–Trinajstić information content (AvgIpc) is 2.75. The van der Waals surface area contributed by atoms with Gasteiger partial charge in [0.25, 0.3) is 0 Å². The Morgan fingerprint density at radius 2 is 1.61 bits per heavy atom. The van der Waals surface area contributed by atoms with E-state index < -0.39 is 0 Å². The first kappa shape index (κ1) is 19.0. The minimum Gasteiger partial charge on any atom is -0.357 e. The third-order valence-electron chi connectivity index (χ3n) is 5.72. The SMILES string of the molecule is O=C(NC1CCN(c2ccccn2)CC1)C1CCN(c2ccc(Cl)cn2)CC1. The zero-order valence-corrected chi connectivity index (χ0v) is 16.7. The minimum atomic E-state index is 0.0948. The van der Waals surface area contributed by atoms with Gasteiger partial charge >= 0.3 is 0 Å². The molecule has 148 valence electrons. The van der Waals surface area contributed by atoms with E-state index in [-0.39, 0.29) is 17.9 Å². The number of aromatic nitrogens is 2. The Kier molecular flexibility index (Phi) is 5.95. The van der Waals surface area contributed by atoms with Gasteiger partial charge < -0.3 is 15.1 Å². The van der Waals surface area contributed by atoms with Crippen molar-refractivity contribution in [1.82, 2.24) is 15.3 Å². The van der Waals surface area contributed by atoms with Crippen LogP contribution in [0.3, 0.4) is 0 Å². The van der Waals surface area contributed by atoms with E-state index in [0.717, 1.165) is 63.5 Å². The van der Waals surface area contributed by atoms with Crippen molar-refractivity contribution in [2.75, 3.05) is 36.0 Å². The van der Waals surface area contributed by atoms with Crippen molar-refractivity contribution < 1.29 is 4.79 Å². The normalized spacial score (nSPS) is 18.9. The summed E-state index contributed by atoms with van der Waals surface area (Å²) in [7, 11) is 0. The molecule has 7 heteroatoms. The van der Waals surface area contributed by atoms with Crippen LogP contribution in [0.2, 0.25) is 5.02 Å². The van der Waals surface area contributed by atoms with E-state index >= 15 is 0 Å². The number of carbonyl (C=O) groups excluding carboxylic acids is 1. The molecule has 2 aromatic heterocycles. The monoisotopic (exact) mass is 399 g/mol. The molecule has 0 aliphatic carbocycles. The Bertz CT molecular complexity index is 769. The number of pyridine rings is 2. The molecule has 6 nitrogen and oxygen atoms in total. The van der Waals surface area contributed by atoms with Gasteiger partial charge in [-0.1, -0.05) is 17.7 Å². The Labute approximate surface area is 170 Å². The molecule has 1 N–H and O–H groups in total. The van der Waals surface area contributed by atoms with Crippen molar-refractivity contribution in [3.8, 4) is 0 Å². The first-order valence-electron chi connectivity index (χ1n) is 10.0. The first-order valence-corrected chi connectivity index (χ1v) is 10.4. The lowest BCUT2D eigenvalue weighted by Crippen LogP contribution is -2.48. The molecule has 2 saturated heterocycles. The van der Waals surface area contributed by atoms with Crippen molar-refractivity contribution in [2.24, 2.45) is 5.92 Å². The zero-order chi connectivity index (χ0) is 19.3. The van der Waals surface area contributed by atoms with E-state index in [0.29, 0.717) is 5.02 Å². The number of amides is 1. The molecule has 1 amide bonds. The first-order chi connectivity index (χ1) is 13.7. The highest BCUT2D eigenvalue weighted by Crippen LogP contribution is 2.24. The largest absolute Gasteiger partial charge is 0.357 e. The number of hydrogen-bond donors (Lipinski definition) is 1. The third-order valence-corrected chi connectivity index (χ3v) is 5.94. The number of anilines is 2. The highest BCUT2D eigenvalue weighted by atomic mass is 35.5. The number of hydrogen-bond acceptors (Lipinski definition) is 5. The topological polar surface area (TPSA) is 61.4 Å². The van der Waals surface area contributed by atoms with Crippen LogP contribution >= 0.6 is 11.6 Å². The molecule has 2 aromatic rings. The minimum absolute atomic E-state index is 0.0948. The second-order valence-electron chi connectivity index (χ2n) is 7.55. The lowest BCUT2D eigenvalue weighted by molar-refractivity contribution is -0.126. The molecule has 0 aromatic carbocycles. The summed E-state index contributed by atoms with van der Waals surface area (Å²) in [6.07, 6.45) is 7.17. The van der Waals surface area contributed by atoms with Crippen LogP contribution in [-0.2, 0) is 4.79 Å². The summed E-state index contributed by atoms with van der Waals surface area (Å²) in [6, 6.07) is 10.1. The summed E-state index contributed by atoms with van der Waals surface area (Å²) < 4.78 is 0. The second-order valence-corrected chi connectivity index (χ2v) is 7.99. The maximum absolute atomic E-state index is 12.7. The third kappa shape index (κ3) is 4.55. The fourth-order valence-corrected chi connectivity index (χ4v) is 4.15. The van der Waals surface area contributed by atoms with E-state index in [1.54, 1.807) is 6.20 Å². The van der Waals surface area contributed by atoms with Gasteiger partial charge in [-0.3, -0.25) is 4.79 Å². The molecule has 0 bridgehead atoms. The van der Waals surface area contributed by atoms with Gasteiger partial charge in [-0.05, 0) is 49.9 Å². The zero-order valence-electron chi connectivity index (χ0n) is 15.9. The van der Waals surface area contributed by atoms with Crippen molar-refractivity contribution in [3.63, 3.8) is 0 Å². The number of halogens is 1. The van der Waals surface area contributed by atoms with Gasteiger partial charge in [0.2, 0.25) is 5.91 Å². The van der Waals surface area contributed by atoms with E-state index in [9.17, 15) is 4.79 Å². The molecular weight excluding hydrogens is 374 g/mol. The predicted molar refractivity (Wildman–Crippen MR) is 112 cm³/mol. The molecule has 0 atom stereocenters. The molecule has 28 heavy (non-hydrogen) atoms. The molecule has 0 spiro atoms. The van der Waals surface area contributed by atoms with Gasteiger partial charge in [-0.25, -0.2) is 9.97 Å². The Balaban J connectivity index is 1.22. The average molecular weight is 400 g/mol. The van der Waals surface area contributed by atoms with Crippen molar-refractivity contribution in [3.05, 3.63) is 47.7 Å². The van der Waals surface area contributed by atoms with E-state index in [1.807, 2.05) is 36.5 Å². The molecule has 0 radical (unpaired) electrons. The summed E-state index contributed by atoms with van der Waals surface area (Å²) in [5.41, 5.74) is 0. The molecule has 2 aliphatic heterocycles. The quantitative estimate of drug-likeness (QED) is 0.855. The smallest absolute Gasteiger partial charge is 0.223 e. The van der Waals surface area contributed by atoms with Crippen LogP contribution in [0.4, 0.5) is 11.6 Å². The molecule has 2 aliphatic rings. The summed E-state index contributed by atoms with van der Waals surface area (Å²) in [5, 5.41) is 3.93. The van der Waals surface area contributed by atoms with Gasteiger partial charge in [0.15, 0.2) is 0 Å². The number of piperidine rings is 2. The number of nitrogens with zero attached hydrogens (tertiary/aromatic N) is 4. The van der Waals surface area contributed by atoms with Crippen molar-refractivity contribution in [1.29, 1.82) is 0 Å². The van der Waals surface area contributed by atoms with Crippen LogP contribution < -0.4 is 15.1 Å². The van der Waals surface area contributed by atoms with Gasteiger partial charge in [-0.15, -0.1) is 0 Å². The Morgan fingerprint density at radius 3 is 2.21 bits per heavy atom. The molecule has 2 fully saturated rings. The van der Waals surface area contributed by atoms with Gasteiger partial charge in [0.05, 0.1) is 5.02 Å². The molecule has 0 saturated carbocycles. The van der Waals surface area contributed by atoms with Gasteiger partial charge in [0, 0.05) is 50.5 Å². The molecule has 4 heterocycles. The van der Waals surface area contributed by atoms with Crippen molar-refractivity contribution >= 4 is 29.1 Å². The highest BCUT2D eigenvalue weighted by molar-refractivity contribution is 6.30. The predicted octanol–water partition coefficient (Wildman–Crippen LogP) is 3.13. The maximum Gasteiger partial charge on any atom is 0.223 e. The number of rotatable bonds is 4. The van der Waals surface area contributed by atoms with Crippen LogP contribution in [0.15, 0.2) is 42.7 Å². The maximum atomic E-state index is 12.7. The van der Waals surface area contributed by atoms with Crippen LogP contribution in [0.25, 0.3) is 0 Å².